The van der Waals surface area contributed by atoms with E-state index in [1.165, 1.54) is 0 Å². The molecule has 0 fully saturated rings. The molecule has 16 heavy (non-hydrogen) atoms. The van der Waals surface area contributed by atoms with Crippen LogP contribution < -0.4 is 5.73 Å². The third-order valence-corrected chi connectivity index (χ3v) is 3.06. The van der Waals surface area contributed by atoms with E-state index in [4.69, 9.17) is 5.73 Å². The van der Waals surface area contributed by atoms with Crippen LogP contribution >= 0.6 is 0 Å². The third kappa shape index (κ3) is 3.30. The lowest BCUT2D eigenvalue weighted by atomic mass is 9.82. The molecule has 92 valence electrons. The van der Waals surface area contributed by atoms with Gasteiger partial charge in [-0.25, -0.2) is 4.98 Å². The third-order valence-electron chi connectivity index (χ3n) is 3.06. The summed E-state index contributed by atoms with van der Waals surface area (Å²) < 4.78 is 2.00. The van der Waals surface area contributed by atoms with Crippen LogP contribution in [-0.2, 0) is 13.0 Å². The summed E-state index contributed by atoms with van der Waals surface area (Å²) in [6.07, 6.45) is 5.97. The molecule has 0 bridgehead atoms. The molecule has 0 aliphatic rings. The van der Waals surface area contributed by atoms with Crippen molar-refractivity contribution >= 4 is 0 Å². The monoisotopic (exact) mass is 224 g/mol. The van der Waals surface area contributed by atoms with Crippen molar-refractivity contribution in [1.29, 1.82) is 0 Å². The summed E-state index contributed by atoms with van der Waals surface area (Å²) in [4.78, 5) is 4.35. The molecule has 0 aliphatic carbocycles. The molecule has 4 heteroatoms. The van der Waals surface area contributed by atoms with Gasteiger partial charge in [-0.1, -0.05) is 27.2 Å². The summed E-state index contributed by atoms with van der Waals surface area (Å²) in [6.45, 7) is 8.24. The van der Waals surface area contributed by atoms with E-state index < -0.39 is 0 Å². The quantitative estimate of drug-likeness (QED) is 0.770. The van der Waals surface area contributed by atoms with Gasteiger partial charge in [-0.05, 0) is 24.8 Å². The second-order valence-corrected chi connectivity index (χ2v) is 4.84. The van der Waals surface area contributed by atoms with E-state index in [2.05, 4.69) is 30.9 Å². The number of rotatable bonds is 7. The normalized spacial score (nSPS) is 15.0. The topological polar surface area (TPSA) is 56.7 Å². The van der Waals surface area contributed by atoms with Crippen molar-refractivity contribution in [3.05, 3.63) is 12.2 Å². The minimum absolute atomic E-state index is 0.160. The van der Waals surface area contributed by atoms with Gasteiger partial charge in [-0.3, -0.25) is 4.68 Å². The molecule has 1 atom stereocenters. The molecular formula is C12H24N4. The zero-order chi connectivity index (χ0) is 12.0. The lowest BCUT2D eigenvalue weighted by molar-refractivity contribution is 0.290. The minimum Gasteiger partial charge on any atom is -0.330 e. The second kappa shape index (κ2) is 5.99. The molecule has 1 aromatic heterocycles. The first kappa shape index (κ1) is 13.2. The van der Waals surface area contributed by atoms with Gasteiger partial charge in [0.1, 0.15) is 12.2 Å². The van der Waals surface area contributed by atoms with Crippen molar-refractivity contribution in [2.24, 2.45) is 11.1 Å². The first-order valence-corrected chi connectivity index (χ1v) is 6.22. The smallest absolute Gasteiger partial charge is 0.138 e. The van der Waals surface area contributed by atoms with Crippen LogP contribution in [0.5, 0.6) is 0 Å². The summed E-state index contributed by atoms with van der Waals surface area (Å²) in [5, 5.41) is 4.25. The van der Waals surface area contributed by atoms with Crippen molar-refractivity contribution in [2.45, 2.75) is 53.0 Å². The molecule has 0 amide bonds. The molecule has 1 heterocycles. The van der Waals surface area contributed by atoms with Crippen molar-refractivity contribution in [1.82, 2.24) is 14.8 Å². The Kier molecular flexibility index (Phi) is 4.93. The highest BCUT2D eigenvalue weighted by Crippen LogP contribution is 2.26. The van der Waals surface area contributed by atoms with Gasteiger partial charge in [0.15, 0.2) is 0 Å². The molecule has 2 N–H and O–H groups in total. The second-order valence-electron chi connectivity index (χ2n) is 4.84. The van der Waals surface area contributed by atoms with Crippen LogP contribution in [0.15, 0.2) is 6.33 Å². The van der Waals surface area contributed by atoms with E-state index >= 15 is 0 Å². The predicted molar refractivity (Wildman–Crippen MR) is 66.1 cm³/mol. The number of hydrogen-bond acceptors (Lipinski definition) is 3. The maximum atomic E-state index is 5.88. The predicted octanol–water partition coefficient (Wildman–Crippen LogP) is 2.00. The first-order chi connectivity index (χ1) is 7.65. The Balaban J connectivity index is 2.73. The van der Waals surface area contributed by atoms with Crippen LogP contribution in [0.3, 0.4) is 0 Å². The van der Waals surface area contributed by atoms with Gasteiger partial charge in [0.25, 0.3) is 0 Å². The van der Waals surface area contributed by atoms with Gasteiger partial charge < -0.3 is 5.73 Å². The fourth-order valence-corrected chi connectivity index (χ4v) is 2.07. The number of nitrogens with two attached hydrogens (primary N) is 1. The Morgan fingerprint density at radius 1 is 1.38 bits per heavy atom. The molecule has 1 aromatic rings. The van der Waals surface area contributed by atoms with Crippen molar-refractivity contribution < 1.29 is 0 Å². The standard InChI is InChI=1S/C12H24N4/c1-4-6-12(3,9-13)8-11-14-10-15-16(11)7-5-2/h10H,4-9,13H2,1-3H3. The molecule has 1 rings (SSSR count). The van der Waals surface area contributed by atoms with Gasteiger partial charge in [0, 0.05) is 13.0 Å². The highest BCUT2D eigenvalue weighted by Gasteiger charge is 2.24. The fraction of sp³-hybridized carbons (Fsp3) is 0.833. The van der Waals surface area contributed by atoms with Gasteiger partial charge >= 0.3 is 0 Å². The van der Waals surface area contributed by atoms with Crippen molar-refractivity contribution in [2.75, 3.05) is 6.54 Å². The fourth-order valence-electron chi connectivity index (χ4n) is 2.07. The number of hydrogen-bond donors (Lipinski definition) is 1. The molecule has 0 saturated heterocycles. The summed E-state index contributed by atoms with van der Waals surface area (Å²) in [5.74, 6) is 1.07. The minimum atomic E-state index is 0.160. The zero-order valence-electron chi connectivity index (χ0n) is 10.7. The Labute approximate surface area is 98.2 Å². The zero-order valence-corrected chi connectivity index (χ0v) is 10.7. The molecule has 0 radical (unpaired) electrons. The molecule has 0 spiro atoms. The van der Waals surface area contributed by atoms with E-state index in [0.29, 0.717) is 6.54 Å². The van der Waals surface area contributed by atoms with Crippen LogP contribution in [0.4, 0.5) is 0 Å². The van der Waals surface area contributed by atoms with Crippen LogP contribution in [-0.4, -0.2) is 21.3 Å². The van der Waals surface area contributed by atoms with E-state index in [-0.39, 0.29) is 5.41 Å². The average Bonchev–Trinajstić information content (AvgIpc) is 2.67. The first-order valence-electron chi connectivity index (χ1n) is 6.22. The molecule has 0 saturated carbocycles. The summed E-state index contributed by atoms with van der Waals surface area (Å²) in [5.41, 5.74) is 6.04. The highest BCUT2D eigenvalue weighted by molar-refractivity contribution is 4.92. The van der Waals surface area contributed by atoms with Crippen LogP contribution in [0.25, 0.3) is 0 Å². The molecule has 0 aliphatic heterocycles. The Bertz CT molecular complexity index is 308. The Morgan fingerprint density at radius 2 is 2.12 bits per heavy atom. The van der Waals surface area contributed by atoms with Crippen LogP contribution in [0.2, 0.25) is 0 Å². The van der Waals surface area contributed by atoms with E-state index in [1.807, 2.05) is 4.68 Å². The van der Waals surface area contributed by atoms with E-state index in [9.17, 15) is 0 Å². The number of nitrogens with zero attached hydrogens (tertiary/aromatic N) is 3. The maximum Gasteiger partial charge on any atom is 0.138 e. The van der Waals surface area contributed by atoms with E-state index in [0.717, 1.165) is 38.1 Å². The Morgan fingerprint density at radius 3 is 2.69 bits per heavy atom. The maximum absolute atomic E-state index is 5.88. The summed E-state index contributed by atoms with van der Waals surface area (Å²) >= 11 is 0. The van der Waals surface area contributed by atoms with Gasteiger partial charge in [-0.2, -0.15) is 5.10 Å². The SMILES string of the molecule is CCCn1ncnc1CC(C)(CN)CCC. The van der Waals surface area contributed by atoms with Gasteiger partial charge in [-0.15, -0.1) is 0 Å². The lowest BCUT2D eigenvalue weighted by Gasteiger charge is -2.27. The molecule has 4 nitrogen and oxygen atoms in total. The lowest BCUT2D eigenvalue weighted by Crippen LogP contribution is -2.30. The van der Waals surface area contributed by atoms with Crippen LogP contribution in [0, 0.1) is 5.41 Å². The van der Waals surface area contributed by atoms with Gasteiger partial charge in [0.05, 0.1) is 0 Å². The highest BCUT2D eigenvalue weighted by atomic mass is 15.3. The van der Waals surface area contributed by atoms with E-state index in [1.54, 1.807) is 6.33 Å². The van der Waals surface area contributed by atoms with Gasteiger partial charge in [0.2, 0.25) is 0 Å². The largest absolute Gasteiger partial charge is 0.330 e. The van der Waals surface area contributed by atoms with Crippen molar-refractivity contribution in [3.8, 4) is 0 Å². The van der Waals surface area contributed by atoms with Crippen molar-refractivity contribution in [3.63, 3.8) is 0 Å². The summed E-state index contributed by atoms with van der Waals surface area (Å²) in [7, 11) is 0. The number of aromatic nitrogens is 3. The molecule has 0 aromatic carbocycles. The number of aryl methyl sites for hydroxylation is 1. The summed E-state index contributed by atoms with van der Waals surface area (Å²) in [6, 6.07) is 0. The molecule has 1 unspecified atom stereocenters. The van der Waals surface area contributed by atoms with Crippen LogP contribution in [0.1, 0.15) is 45.9 Å². The Hall–Kier alpha value is -0.900. The average molecular weight is 224 g/mol. The molecular weight excluding hydrogens is 200 g/mol.